The molecule has 106 valence electrons. The third kappa shape index (κ3) is 3.64. The molecule has 0 fully saturated rings. The molecule has 2 N–H and O–H groups in total. The van der Waals surface area contributed by atoms with Crippen molar-refractivity contribution in [3.05, 3.63) is 53.6 Å². The van der Waals surface area contributed by atoms with Crippen LogP contribution < -0.4 is 5.32 Å². The third-order valence-electron chi connectivity index (χ3n) is 2.95. The molecule has 2 aromatic rings. The summed E-state index contributed by atoms with van der Waals surface area (Å²) in [7, 11) is 0. The van der Waals surface area contributed by atoms with Gasteiger partial charge in [-0.05, 0) is 31.2 Å². The molecular weight excluding hydrogens is 261 g/mol. The Morgan fingerprint density at radius 3 is 3.00 bits per heavy atom. The molecule has 0 aliphatic rings. The van der Waals surface area contributed by atoms with Gasteiger partial charge in [-0.1, -0.05) is 0 Å². The molecule has 1 heterocycles. The van der Waals surface area contributed by atoms with Gasteiger partial charge in [0.1, 0.15) is 5.82 Å². The van der Waals surface area contributed by atoms with Crippen molar-refractivity contribution in [2.45, 2.75) is 26.1 Å². The lowest BCUT2D eigenvalue weighted by atomic mass is 10.1. The maximum atomic E-state index is 13.6. The van der Waals surface area contributed by atoms with Crippen molar-refractivity contribution in [3.8, 4) is 0 Å². The number of benzene rings is 1. The molecule has 2 rings (SSSR count). The van der Waals surface area contributed by atoms with E-state index in [1.807, 2.05) is 19.2 Å². The number of hydrogen-bond acceptors (Lipinski definition) is 3. The summed E-state index contributed by atoms with van der Waals surface area (Å²) in [6, 6.07) is 5.71. The van der Waals surface area contributed by atoms with Gasteiger partial charge in [-0.15, -0.1) is 0 Å². The Balaban J connectivity index is 1.96. The monoisotopic (exact) mass is 277 g/mol. The number of carboxylic acid groups (broad SMARTS) is 1. The first-order chi connectivity index (χ1) is 9.56. The number of aromatic carboxylic acids is 1. The Labute approximate surface area is 116 Å². The molecule has 0 aliphatic heterocycles. The second-order valence-electron chi connectivity index (χ2n) is 4.62. The van der Waals surface area contributed by atoms with E-state index in [2.05, 4.69) is 10.4 Å². The van der Waals surface area contributed by atoms with Gasteiger partial charge >= 0.3 is 5.97 Å². The van der Waals surface area contributed by atoms with Gasteiger partial charge in [0.15, 0.2) is 0 Å². The lowest BCUT2D eigenvalue weighted by Crippen LogP contribution is -2.30. The molecule has 0 amide bonds. The van der Waals surface area contributed by atoms with Crippen molar-refractivity contribution in [2.24, 2.45) is 0 Å². The summed E-state index contributed by atoms with van der Waals surface area (Å²) < 4.78 is 15.4. The first-order valence-electron chi connectivity index (χ1n) is 6.29. The van der Waals surface area contributed by atoms with Gasteiger partial charge in [0.05, 0.1) is 12.1 Å². The van der Waals surface area contributed by atoms with Gasteiger partial charge in [-0.3, -0.25) is 4.68 Å². The van der Waals surface area contributed by atoms with Crippen LogP contribution in [0, 0.1) is 5.82 Å². The molecular formula is C14H16FN3O2. The number of rotatable bonds is 6. The van der Waals surface area contributed by atoms with Gasteiger partial charge in [0.25, 0.3) is 0 Å². The fourth-order valence-corrected chi connectivity index (χ4v) is 1.88. The van der Waals surface area contributed by atoms with Crippen LogP contribution in [0.2, 0.25) is 0 Å². The van der Waals surface area contributed by atoms with Crippen molar-refractivity contribution in [1.29, 1.82) is 0 Å². The Morgan fingerprint density at radius 1 is 1.55 bits per heavy atom. The Bertz CT molecular complexity index is 584. The van der Waals surface area contributed by atoms with E-state index < -0.39 is 11.8 Å². The lowest BCUT2D eigenvalue weighted by molar-refractivity contribution is 0.0696. The molecule has 0 bridgehead atoms. The number of nitrogens with zero attached hydrogens (tertiary/aromatic N) is 2. The fourth-order valence-electron chi connectivity index (χ4n) is 1.88. The van der Waals surface area contributed by atoms with E-state index in [0.717, 1.165) is 0 Å². The predicted molar refractivity (Wildman–Crippen MR) is 71.9 cm³/mol. The molecule has 1 aromatic heterocycles. The second-order valence-corrected chi connectivity index (χ2v) is 4.62. The minimum absolute atomic E-state index is 0.0859. The number of carboxylic acids is 1. The second kappa shape index (κ2) is 6.29. The highest BCUT2D eigenvalue weighted by molar-refractivity contribution is 5.87. The molecule has 0 saturated heterocycles. The van der Waals surface area contributed by atoms with E-state index in [-0.39, 0.29) is 18.2 Å². The van der Waals surface area contributed by atoms with Gasteiger partial charge < -0.3 is 10.4 Å². The van der Waals surface area contributed by atoms with Gasteiger partial charge in [-0.2, -0.15) is 5.10 Å². The summed E-state index contributed by atoms with van der Waals surface area (Å²) >= 11 is 0. The highest BCUT2D eigenvalue weighted by atomic mass is 19.1. The van der Waals surface area contributed by atoms with E-state index in [1.54, 1.807) is 10.9 Å². The van der Waals surface area contributed by atoms with E-state index in [4.69, 9.17) is 5.11 Å². The minimum atomic E-state index is -1.06. The average molecular weight is 277 g/mol. The van der Waals surface area contributed by atoms with E-state index >= 15 is 0 Å². The van der Waals surface area contributed by atoms with Crippen molar-refractivity contribution in [3.63, 3.8) is 0 Å². The van der Waals surface area contributed by atoms with Crippen LogP contribution in [0.4, 0.5) is 4.39 Å². The topological polar surface area (TPSA) is 67.2 Å². The summed E-state index contributed by atoms with van der Waals surface area (Å²) in [6.45, 7) is 2.89. The first kappa shape index (κ1) is 14.2. The number of aromatic nitrogens is 2. The standard InChI is InChI=1S/C14H16FN3O2/c1-10(9-18-6-2-5-17-18)16-8-12-7-11(14(19)20)3-4-13(12)15/h2-7,10,16H,8-9H2,1H3,(H,19,20). The Kier molecular flexibility index (Phi) is 4.47. The Hall–Kier alpha value is -2.21. The molecule has 1 unspecified atom stereocenters. The summed E-state index contributed by atoms with van der Waals surface area (Å²) in [6.07, 6.45) is 3.55. The summed E-state index contributed by atoms with van der Waals surface area (Å²) in [5, 5.41) is 16.1. The fraction of sp³-hybridized carbons (Fsp3) is 0.286. The van der Waals surface area contributed by atoms with Crippen LogP contribution in [0.3, 0.4) is 0 Å². The van der Waals surface area contributed by atoms with Crippen LogP contribution in [0.25, 0.3) is 0 Å². The van der Waals surface area contributed by atoms with Crippen LogP contribution in [0.5, 0.6) is 0 Å². The zero-order chi connectivity index (χ0) is 14.5. The maximum Gasteiger partial charge on any atom is 0.335 e. The summed E-state index contributed by atoms with van der Waals surface area (Å²) in [5.41, 5.74) is 0.431. The van der Waals surface area contributed by atoms with Gasteiger partial charge in [0, 0.05) is 30.5 Å². The van der Waals surface area contributed by atoms with Crippen LogP contribution in [-0.4, -0.2) is 26.9 Å². The first-order valence-corrected chi connectivity index (χ1v) is 6.29. The normalized spacial score (nSPS) is 12.3. The zero-order valence-corrected chi connectivity index (χ0v) is 11.1. The highest BCUT2D eigenvalue weighted by Gasteiger charge is 2.10. The van der Waals surface area contributed by atoms with Crippen molar-refractivity contribution in [2.75, 3.05) is 0 Å². The summed E-state index contributed by atoms with van der Waals surface area (Å²) in [5.74, 6) is -1.47. The molecule has 0 aliphatic carbocycles. The van der Waals surface area contributed by atoms with Crippen LogP contribution in [0.1, 0.15) is 22.8 Å². The molecule has 1 atom stereocenters. The van der Waals surface area contributed by atoms with Crippen LogP contribution in [-0.2, 0) is 13.1 Å². The highest BCUT2D eigenvalue weighted by Crippen LogP contribution is 2.11. The molecule has 0 radical (unpaired) electrons. The average Bonchev–Trinajstić information content (AvgIpc) is 2.90. The minimum Gasteiger partial charge on any atom is -0.478 e. The molecule has 20 heavy (non-hydrogen) atoms. The zero-order valence-electron chi connectivity index (χ0n) is 11.1. The maximum absolute atomic E-state index is 13.6. The Morgan fingerprint density at radius 2 is 2.35 bits per heavy atom. The lowest BCUT2D eigenvalue weighted by Gasteiger charge is -2.14. The van der Waals surface area contributed by atoms with Crippen molar-refractivity contribution in [1.82, 2.24) is 15.1 Å². The van der Waals surface area contributed by atoms with Crippen molar-refractivity contribution < 1.29 is 14.3 Å². The van der Waals surface area contributed by atoms with Gasteiger partial charge in [-0.25, -0.2) is 9.18 Å². The number of nitrogens with one attached hydrogen (secondary N) is 1. The molecule has 0 saturated carbocycles. The quantitative estimate of drug-likeness (QED) is 0.846. The van der Waals surface area contributed by atoms with Crippen LogP contribution in [0.15, 0.2) is 36.7 Å². The number of halogens is 1. The third-order valence-corrected chi connectivity index (χ3v) is 2.95. The molecule has 1 aromatic carbocycles. The molecule has 5 nitrogen and oxygen atoms in total. The van der Waals surface area contributed by atoms with E-state index in [9.17, 15) is 9.18 Å². The number of hydrogen-bond donors (Lipinski definition) is 2. The SMILES string of the molecule is CC(Cn1cccn1)NCc1cc(C(=O)O)ccc1F. The smallest absolute Gasteiger partial charge is 0.335 e. The molecule has 0 spiro atoms. The number of carbonyl (C=O) groups is 1. The van der Waals surface area contributed by atoms with Crippen LogP contribution >= 0.6 is 0 Å². The summed E-state index contributed by atoms with van der Waals surface area (Å²) in [4.78, 5) is 10.9. The predicted octanol–water partition coefficient (Wildman–Crippen LogP) is 1.90. The molecule has 6 heteroatoms. The van der Waals surface area contributed by atoms with E-state index in [0.29, 0.717) is 12.1 Å². The van der Waals surface area contributed by atoms with E-state index in [1.165, 1.54) is 18.2 Å². The van der Waals surface area contributed by atoms with Crippen molar-refractivity contribution >= 4 is 5.97 Å². The van der Waals surface area contributed by atoms with Gasteiger partial charge in [0.2, 0.25) is 0 Å². The largest absolute Gasteiger partial charge is 0.478 e.